The van der Waals surface area contributed by atoms with E-state index in [1.807, 2.05) is 0 Å². The zero-order valence-electron chi connectivity index (χ0n) is 10.3. The van der Waals surface area contributed by atoms with Gasteiger partial charge in [-0.05, 0) is 0 Å². The SMILES string of the molecule is O=S(=O)(O)CC(O)COCC1OC(O)C(O)C(O)C1O. The lowest BCUT2D eigenvalue weighted by molar-refractivity contribution is -0.289. The lowest BCUT2D eigenvalue weighted by Crippen LogP contribution is -2.58. The smallest absolute Gasteiger partial charge is 0.267 e. The Balaban J connectivity index is 2.38. The zero-order valence-corrected chi connectivity index (χ0v) is 11.1. The van der Waals surface area contributed by atoms with Crippen LogP contribution in [0.1, 0.15) is 0 Å². The van der Waals surface area contributed by atoms with Crippen LogP contribution in [0.2, 0.25) is 0 Å². The molecule has 1 fully saturated rings. The molecule has 0 amide bonds. The van der Waals surface area contributed by atoms with E-state index in [4.69, 9.17) is 14.0 Å². The average molecular weight is 318 g/mol. The molecule has 20 heavy (non-hydrogen) atoms. The van der Waals surface area contributed by atoms with Crippen LogP contribution in [0.25, 0.3) is 0 Å². The summed E-state index contributed by atoms with van der Waals surface area (Å²) >= 11 is 0. The highest BCUT2D eigenvalue weighted by Crippen LogP contribution is 2.20. The van der Waals surface area contributed by atoms with Crippen LogP contribution in [-0.2, 0) is 19.6 Å². The predicted octanol–water partition coefficient (Wildman–Crippen LogP) is -3.95. The van der Waals surface area contributed by atoms with Gasteiger partial charge in [0.05, 0.1) is 19.3 Å². The van der Waals surface area contributed by atoms with Crippen LogP contribution in [0.15, 0.2) is 0 Å². The maximum atomic E-state index is 10.5. The molecule has 6 N–H and O–H groups in total. The van der Waals surface area contributed by atoms with Crippen molar-refractivity contribution in [3.63, 3.8) is 0 Å². The Kier molecular flexibility index (Phi) is 6.25. The fourth-order valence-corrected chi connectivity index (χ4v) is 2.26. The van der Waals surface area contributed by atoms with Gasteiger partial charge in [-0.15, -0.1) is 0 Å². The lowest BCUT2D eigenvalue weighted by atomic mass is 9.99. The molecule has 0 aromatic carbocycles. The van der Waals surface area contributed by atoms with E-state index in [2.05, 4.69) is 0 Å². The minimum atomic E-state index is -4.34. The molecule has 6 unspecified atom stereocenters. The maximum Gasteiger partial charge on any atom is 0.267 e. The van der Waals surface area contributed by atoms with E-state index in [-0.39, 0.29) is 6.61 Å². The number of hydrogen-bond donors (Lipinski definition) is 6. The first-order chi connectivity index (χ1) is 9.11. The second kappa shape index (κ2) is 7.06. The molecular formula is C9H18O10S. The third kappa shape index (κ3) is 5.20. The summed E-state index contributed by atoms with van der Waals surface area (Å²) in [6.07, 6.45) is -9.16. The third-order valence-electron chi connectivity index (χ3n) is 2.68. The van der Waals surface area contributed by atoms with Crippen molar-refractivity contribution >= 4 is 10.1 Å². The third-order valence-corrected chi connectivity index (χ3v) is 3.49. The summed E-state index contributed by atoms with van der Waals surface area (Å²) in [5.41, 5.74) is 0. The largest absolute Gasteiger partial charge is 0.390 e. The van der Waals surface area contributed by atoms with Gasteiger partial charge < -0.3 is 35.0 Å². The summed E-state index contributed by atoms with van der Waals surface area (Å²) in [4.78, 5) is 0. The first-order valence-electron chi connectivity index (χ1n) is 5.70. The van der Waals surface area contributed by atoms with Crippen LogP contribution in [0.5, 0.6) is 0 Å². The lowest BCUT2D eigenvalue weighted by Gasteiger charge is -2.38. The Bertz CT molecular complexity index is 398. The normalized spacial score (nSPS) is 36.8. The van der Waals surface area contributed by atoms with Gasteiger partial charge in [-0.2, -0.15) is 8.42 Å². The van der Waals surface area contributed by atoms with Gasteiger partial charge in [-0.25, -0.2) is 0 Å². The molecule has 1 aliphatic rings. The fraction of sp³-hybridized carbons (Fsp3) is 1.00. The van der Waals surface area contributed by atoms with Crippen molar-refractivity contribution in [1.29, 1.82) is 0 Å². The number of ether oxygens (including phenoxy) is 2. The van der Waals surface area contributed by atoms with Gasteiger partial charge in [0, 0.05) is 0 Å². The van der Waals surface area contributed by atoms with Gasteiger partial charge in [-0.3, -0.25) is 4.55 Å². The number of aliphatic hydroxyl groups is 5. The molecule has 1 heterocycles. The molecule has 1 aliphatic heterocycles. The van der Waals surface area contributed by atoms with Crippen molar-refractivity contribution in [2.45, 2.75) is 36.8 Å². The topological polar surface area (TPSA) is 174 Å². The highest BCUT2D eigenvalue weighted by atomic mass is 32.2. The summed E-state index contributed by atoms with van der Waals surface area (Å²) in [6, 6.07) is 0. The quantitative estimate of drug-likeness (QED) is 0.265. The summed E-state index contributed by atoms with van der Waals surface area (Å²) in [7, 11) is -4.34. The van der Waals surface area contributed by atoms with Gasteiger partial charge in [0.1, 0.15) is 30.2 Å². The monoisotopic (exact) mass is 318 g/mol. The molecule has 0 aromatic heterocycles. The molecule has 0 spiro atoms. The average Bonchev–Trinajstić information content (AvgIpc) is 2.30. The van der Waals surface area contributed by atoms with E-state index in [0.29, 0.717) is 0 Å². The minimum absolute atomic E-state index is 0.370. The molecule has 6 atom stereocenters. The van der Waals surface area contributed by atoms with E-state index in [9.17, 15) is 34.0 Å². The molecular weight excluding hydrogens is 300 g/mol. The van der Waals surface area contributed by atoms with Crippen molar-refractivity contribution in [3.05, 3.63) is 0 Å². The first kappa shape index (κ1) is 17.7. The molecule has 0 saturated carbocycles. The Morgan fingerprint density at radius 1 is 1.10 bits per heavy atom. The molecule has 1 saturated heterocycles. The highest BCUT2D eigenvalue weighted by Gasteiger charge is 2.43. The molecule has 0 aliphatic carbocycles. The highest BCUT2D eigenvalue weighted by molar-refractivity contribution is 7.85. The van der Waals surface area contributed by atoms with Gasteiger partial charge in [-0.1, -0.05) is 0 Å². The van der Waals surface area contributed by atoms with E-state index < -0.39 is 59.3 Å². The standard InChI is InChI=1S/C9H18O10S/c10-4(3-20(15,16)17)1-18-2-5-6(11)7(12)8(13)9(14)19-5/h4-14H,1-3H2,(H,15,16,17). The van der Waals surface area contributed by atoms with Crippen LogP contribution >= 0.6 is 0 Å². The second-order valence-corrected chi connectivity index (χ2v) is 5.97. The van der Waals surface area contributed by atoms with Crippen LogP contribution in [0.4, 0.5) is 0 Å². The minimum Gasteiger partial charge on any atom is -0.390 e. The van der Waals surface area contributed by atoms with Gasteiger partial charge >= 0.3 is 0 Å². The van der Waals surface area contributed by atoms with Gasteiger partial charge in [0.15, 0.2) is 6.29 Å². The predicted molar refractivity (Wildman–Crippen MR) is 62.1 cm³/mol. The molecule has 0 radical (unpaired) electrons. The number of hydrogen-bond acceptors (Lipinski definition) is 9. The van der Waals surface area contributed by atoms with Crippen molar-refractivity contribution < 1.29 is 48.0 Å². The molecule has 1 rings (SSSR count). The van der Waals surface area contributed by atoms with Crippen LogP contribution < -0.4 is 0 Å². The summed E-state index contributed by atoms with van der Waals surface area (Å²) in [5.74, 6) is -0.912. The number of rotatable bonds is 6. The Morgan fingerprint density at radius 3 is 2.25 bits per heavy atom. The van der Waals surface area contributed by atoms with E-state index in [0.717, 1.165) is 0 Å². The van der Waals surface area contributed by atoms with Crippen molar-refractivity contribution in [3.8, 4) is 0 Å². The molecule has 11 heteroatoms. The van der Waals surface area contributed by atoms with Gasteiger partial charge in [0.25, 0.3) is 10.1 Å². The van der Waals surface area contributed by atoms with E-state index >= 15 is 0 Å². The Labute approximate surface area is 114 Å². The maximum absolute atomic E-state index is 10.5. The summed E-state index contributed by atoms with van der Waals surface area (Å²) in [6.45, 7) is -0.842. The summed E-state index contributed by atoms with van der Waals surface area (Å²) < 4.78 is 39.1. The zero-order chi connectivity index (χ0) is 15.5. The molecule has 10 nitrogen and oxygen atoms in total. The van der Waals surface area contributed by atoms with Crippen LogP contribution in [0.3, 0.4) is 0 Å². The van der Waals surface area contributed by atoms with E-state index in [1.54, 1.807) is 0 Å². The molecule has 120 valence electrons. The van der Waals surface area contributed by atoms with Crippen molar-refractivity contribution in [2.24, 2.45) is 0 Å². The second-order valence-electron chi connectivity index (χ2n) is 4.48. The van der Waals surface area contributed by atoms with Crippen molar-refractivity contribution in [2.75, 3.05) is 19.0 Å². The first-order valence-corrected chi connectivity index (χ1v) is 7.31. The summed E-state index contributed by atoms with van der Waals surface area (Å²) in [5, 5.41) is 46.6. The Hall–Kier alpha value is -0.370. The molecule has 0 bridgehead atoms. The van der Waals surface area contributed by atoms with Crippen LogP contribution in [0, 0.1) is 0 Å². The number of aliphatic hydroxyl groups excluding tert-OH is 5. The molecule has 0 aromatic rings. The van der Waals surface area contributed by atoms with Crippen LogP contribution in [-0.4, -0.2) is 94.3 Å². The van der Waals surface area contributed by atoms with Gasteiger partial charge in [0.2, 0.25) is 0 Å². The van der Waals surface area contributed by atoms with E-state index in [1.165, 1.54) is 0 Å². The fourth-order valence-electron chi connectivity index (χ4n) is 1.68. The van der Waals surface area contributed by atoms with Crippen molar-refractivity contribution in [1.82, 2.24) is 0 Å². The Morgan fingerprint density at radius 2 is 1.70 bits per heavy atom.